The standard InChI is InChI=1S/C14H22N2O4/c1-9(2)16-14(18)15-8-11(17)10-5-6-12(19-3)13(7-10)20-4/h5-7,9,11,17H,8H2,1-4H3,(H2,15,16,18). The molecule has 0 bridgehead atoms. The summed E-state index contributed by atoms with van der Waals surface area (Å²) in [6, 6.07) is 4.87. The molecule has 1 aromatic rings. The number of aliphatic hydroxyl groups excluding tert-OH is 1. The molecule has 3 N–H and O–H groups in total. The molecule has 0 aliphatic heterocycles. The van der Waals surface area contributed by atoms with Crippen molar-refractivity contribution >= 4 is 6.03 Å². The summed E-state index contributed by atoms with van der Waals surface area (Å²) in [5.74, 6) is 1.13. The van der Waals surface area contributed by atoms with Crippen LogP contribution in [0.25, 0.3) is 0 Å². The van der Waals surface area contributed by atoms with Crippen molar-refractivity contribution < 1.29 is 19.4 Å². The number of nitrogens with one attached hydrogen (secondary N) is 2. The molecular weight excluding hydrogens is 260 g/mol. The molecule has 0 saturated heterocycles. The quantitative estimate of drug-likeness (QED) is 0.737. The molecule has 0 aliphatic rings. The average molecular weight is 282 g/mol. The first kappa shape index (κ1) is 16.1. The summed E-state index contributed by atoms with van der Waals surface area (Å²) >= 11 is 0. The van der Waals surface area contributed by atoms with E-state index in [4.69, 9.17) is 9.47 Å². The molecule has 0 spiro atoms. The van der Waals surface area contributed by atoms with E-state index in [1.165, 1.54) is 7.11 Å². The highest BCUT2D eigenvalue weighted by atomic mass is 16.5. The minimum absolute atomic E-state index is 0.0493. The lowest BCUT2D eigenvalue weighted by atomic mass is 10.1. The van der Waals surface area contributed by atoms with Gasteiger partial charge in [0.2, 0.25) is 0 Å². The molecule has 20 heavy (non-hydrogen) atoms. The van der Waals surface area contributed by atoms with Crippen molar-refractivity contribution in [3.8, 4) is 11.5 Å². The van der Waals surface area contributed by atoms with Gasteiger partial charge < -0.3 is 25.2 Å². The predicted molar refractivity (Wildman–Crippen MR) is 76.2 cm³/mol. The summed E-state index contributed by atoms with van der Waals surface area (Å²) in [4.78, 5) is 11.4. The van der Waals surface area contributed by atoms with Crippen molar-refractivity contribution in [3.05, 3.63) is 23.8 Å². The van der Waals surface area contributed by atoms with Gasteiger partial charge in [0.15, 0.2) is 11.5 Å². The minimum atomic E-state index is -0.812. The number of hydrogen-bond donors (Lipinski definition) is 3. The summed E-state index contributed by atoms with van der Waals surface area (Å²) in [5, 5.41) is 15.3. The van der Waals surface area contributed by atoms with Gasteiger partial charge in [-0.05, 0) is 31.5 Å². The Morgan fingerprint density at radius 2 is 1.90 bits per heavy atom. The first-order valence-electron chi connectivity index (χ1n) is 6.42. The molecule has 0 aliphatic carbocycles. The smallest absolute Gasteiger partial charge is 0.315 e. The molecule has 1 aromatic carbocycles. The van der Waals surface area contributed by atoms with Crippen LogP contribution in [0, 0.1) is 0 Å². The fourth-order valence-corrected chi connectivity index (χ4v) is 1.68. The maximum atomic E-state index is 11.4. The maximum Gasteiger partial charge on any atom is 0.315 e. The Bertz CT molecular complexity index is 449. The van der Waals surface area contributed by atoms with Crippen molar-refractivity contribution in [3.63, 3.8) is 0 Å². The second-order valence-corrected chi connectivity index (χ2v) is 4.64. The lowest BCUT2D eigenvalue weighted by molar-refractivity contribution is 0.172. The Balaban J connectivity index is 2.63. The van der Waals surface area contributed by atoms with Crippen LogP contribution >= 0.6 is 0 Å². The monoisotopic (exact) mass is 282 g/mol. The predicted octanol–water partition coefficient (Wildman–Crippen LogP) is 1.44. The fraction of sp³-hybridized carbons (Fsp3) is 0.500. The number of carbonyl (C=O) groups excluding carboxylic acids is 1. The van der Waals surface area contributed by atoms with Gasteiger partial charge in [-0.15, -0.1) is 0 Å². The third kappa shape index (κ3) is 4.62. The Kier molecular flexibility index (Phi) is 6.11. The van der Waals surface area contributed by atoms with E-state index < -0.39 is 6.10 Å². The zero-order valence-corrected chi connectivity index (χ0v) is 12.3. The highest BCUT2D eigenvalue weighted by molar-refractivity contribution is 5.74. The van der Waals surface area contributed by atoms with Gasteiger partial charge in [-0.25, -0.2) is 4.79 Å². The van der Waals surface area contributed by atoms with E-state index in [9.17, 15) is 9.90 Å². The molecule has 112 valence electrons. The van der Waals surface area contributed by atoms with E-state index in [0.717, 1.165) is 0 Å². The van der Waals surface area contributed by atoms with Crippen molar-refractivity contribution in [2.24, 2.45) is 0 Å². The second-order valence-electron chi connectivity index (χ2n) is 4.64. The Morgan fingerprint density at radius 3 is 2.45 bits per heavy atom. The first-order valence-corrected chi connectivity index (χ1v) is 6.42. The van der Waals surface area contributed by atoms with Gasteiger partial charge in [0.1, 0.15) is 0 Å². The highest BCUT2D eigenvalue weighted by Gasteiger charge is 2.13. The van der Waals surface area contributed by atoms with Crippen molar-refractivity contribution in [1.82, 2.24) is 10.6 Å². The van der Waals surface area contributed by atoms with Crippen LogP contribution in [0.4, 0.5) is 4.79 Å². The van der Waals surface area contributed by atoms with Gasteiger partial charge in [-0.3, -0.25) is 0 Å². The third-order valence-electron chi connectivity index (χ3n) is 2.67. The SMILES string of the molecule is COc1ccc(C(O)CNC(=O)NC(C)C)cc1OC. The minimum Gasteiger partial charge on any atom is -0.493 e. The lowest BCUT2D eigenvalue weighted by Gasteiger charge is -2.16. The molecular formula is C14H22N2O4. The lowest BCUT2D eigenvalue weighted by Crippen LogP contribution is -2.41. The number of amides is 2. The van der Waals surface area contributed by atoms with E-state index in [1.807, 2.05) is 13.8 Å². The van der Waals surface area contributed by atoms with Crippen molar-refractivity contribution in [1.29, 1.82) is 0 Å². The van der Waals surface area contributed by atoms with E-state index in [1.54, 1.807) is 25.3 Å². The number of benzene rings is 1. The molecule has 6 nitrogen and oxygen atoms in total. The number of rotatable bonds is 6. The molecule has 0 saturated carbocycles. The number of carbonyl (C=O) groups is 1. The summed E-state index contributed by atoms with van der Waals surface area (Å²) in [6.07, 6.45) is -0.812. The van der Waals surface area contributed by atoms with Crippen LogP contribution in [0.5, 0.6) is 11.5 Å². The number of methoxy groups -OCH3 is 2. The molecule has 6 heteroatoms. The number of aliphatic hydroxyl groups is 1. The van der Waals surface area contributed by atoms with E-state index >= 15 is 0 Å². The Morgan fingerprint density at radius 1 is 1.25 bits per heavy atom. The van der Waals surface area contributed by atoms with Crippen LogP contribution in [0.15, 0.2) is 18.2 Å². The Labute approximate surface area is 119 Å². The molecule has 1 atom stereocenters. The van der Waals surface area contributed by atoms with Crippen LogP contribution in [0.3, 0.4) is 0 Å². The molecule has 0 heterocycles. The molecule has 0 radical (unpaired) electrons. The summed E-state index contributed by atoms with van der Waals surface area (Å²) in [7, 11) is 3.08. The largest absolute Gasteiger partial charge is 0.493 e. The summed E-state index contributed by atoms with van der Waals surface area (Å²) in [5.41, 5.74) is 0.646. The number of hydrogen-bond acceptors (Lipinski definition) is 4. The van der Waals surface area contributed by atoms with Gasteiger partial charge in [-0.2, -0.15) is 0 Å². The van der Waals surface area contributed by atoms with Crippen LogP contribution in [-0.4, -0.2) is 37.9 Å². The second kappa shape index (κ2) is 7.59. The molecule has 0 aromatic heterocycles. The normalized spacial score (nSPS) is 11.9. The Hall–Kier alpha value is -1.95. The first-order chi connectivity index (χ1) is 9.47. The van der Waals surface area contributed by atoms with Crippen LogP contribution in [-0.2, 0) is 0 Å². The zero-order valence-electron chi connectivity index (χ0n) is 12.3. The topological polar surface area (TPSA) is 79.8 Å². The van der Waals surface area contributed by atoms with Gasteiger partial charge in [-0.1, -0.05) is 6.07 Å². The maximum absolute atomic E-state index is 11.4. The van der Waals surface area contributed by atoms with E-state index in [0.29, 0.717) is 17.1 Å². The average Bonchev–Trinajstić information content (AvgIpc) is 2.43. The molecule has 0 fully saturated rings. The fourth-order valence-electron chi connectivity index (χ4n) is 1.68. The molecule has 2 amide bonds. The van der Waals surface area contributed by atoms with Gasteiger partial charge in [0, 0.05) is 12.6 Å². The number of urea groups is 1. The van der Waals surface area contributed by atoms with Crippen molar-refractivity contribution in [2.75, 3.05) is 20.8 Å². The van der Waals surface area contributed by atoms with Gasteiger partial charge in [0.05, 0.1) is 20.3 Å². The third-order valence-corrected chi connectivity index (χ3v) is 2.67. The zero-order chi connectivity index (χ0) is 15.1. The molecule has 1 unspecified atom stereocenters. The number of ether oxygens (including phenoxy) is 2. The van der Waals surface area contributed by atoms with Crippen LogP contribution < -0.4 is 20.1 Å². The summed E-state index contributed by atoms with van der Waals surface area (Å²) < 4.78 is 10.3. The van der Waals surface area contributed by atoms with E-state index in [2.05, 4.69) is 10.6 Å². The van der Waals surface area contributed by atoms with Gasteiger partial charge in [0.25, 0.3) is 0 Å². The highest BCUT2D eigenvalue weighted by Crippen LogP contribution is 2.29. The van der Waals surface area contributed by atoms with E-state index in [-0.39, 0.29) is 18.6 Å². The van der Waals surface area contributed by atoms with Crippen molar-refractivity contribution in [2.45, 2.75) is 26.0 Å². The van der Waals surface area contributed by atoms with Crippen LogP contribution in [0.2, 0.25) is 0 Å². The molecule has 1 rings (SSSR count). The van der Waals surface area contributed by atoms with Gasteiger partial charge >= 0.3 is 6.03 Å². The summed E-state index contributed by atoms with van der Waals surface area (Å²) in [6.45, 7) is 3.85. The van der Waals surface area contributed by atoms with Crippen LogP contribution in [0.1, 0.15) is 25.5 Å².